The molecule has 0 aliphatic heterocycles. The summed E-state index contributed by atoms with van der Waals surface area (Å²) in [6, 6.07) is 10.2. The lowest BCUT2D eigenvalue weighted by Crippen LogP contribution is -2.27. The maximum absolute atomic E-state index is 12.5. The molecule has 0 saturated carbocycles. The Morgan fingerprint density at radius 3 is 2.50 bits per heavy atom. The third-order valence-corrected chi connectivity index (χ3v) is 3.72. The zero-order valence-corrected chi connectivity index (χ0v) is 12.7. The lowest BCUT2D eigenvalue weighted by Gasteiger charge is -2.20. The summed E-state index contributed by atoms with van der Waals surface area (Å²) >= 11 is 11.9. The molecule has 2 aromatic carbocycles. The summed E-state index contributed by atoms with van der Waals surface area (Å²) in [4.78, 5) is 13.9. The minimum absolute atomic E-state index is 0.168. The highest BCUT2D eigenvalue weighted by molar-refractivity contribution is 6.31. The normalized spacial score (nSPS) is 10.4. The fourth-order valence-corrected chi connectivity index (χ4v) is 2.17. The van der Waals surface area contributed by atoms with Crippen LogP contribution >= 0.6 is 23.2 Å². The van der Waals surface area contributed by atoms with E-state index < -0.39 is 0 Å². The number of nitrogens with zero attached hydrogens (tertiary/aromatic N) is 1. The zero-order chi connectivity index (χ0) is 14.9. The second-order valence-electron chi connectivity index (χ2n) is 4.53. The van der Waals surface area contributed by atoms with E-state index in [1.807, 2.05) is 6.92 Å². The standard InChI is InChI=1S/C15H14Cl2N2O/c1-9-7-10(3-5-12(9)17)15(20)19(2)14-8-11(16)4-6-13(14)18/h3-8H,18H2,1-2H3. The van der Waals surface area contributed by atoms with Crippen LogP contribution in [0, 0.1) is 6.92 Å². The van der Waals surface area contributed by atoms with E-state index in [9.17, 15) is 4.79 Å². The summed E-state index contributed by atoms with van der Waals surface area (Å²) in [6.45, 7) is 1.85. The molecule has 0 saturated heterocycles. The third kappa shape index (κ3) is 2.89. The Hall–Kier alpha value is -1.71. The molecule has 2 rings (SSSR count). The number of rotatable bonds is 2. The number of nitrogen functional groups attached to an aromatic ring is 1. The highest BCUT2D eigenvalue weighted by atomic mass is 35.5. The van der Waals surface area contributed by atoms with Crippen LogP contribution in [-0.4, -0.2) is 13.0 Å². The minimum Gasteiger partial charge on any atom is -0.397 e. The molecular formula is C15H14Cl2N2O. The number of carbonyl (C=O) groups is 1. The highest BCUT2D eigenvalue weighted by Crippen LogP contribution is 2.27. The van der Waals surface area contributed by atoms with Crippen molar-refractivity contribution >= 4 is 40.5 Å². The third-order valence-electron chi connectivity index (χ3n) is 3.06. The number of hydrogen-bond acceptors (Lipinski definition) is 2. The average Bonchev–Trinajstić information content (AvgIpc) is 2.43. The SMILES string of the molecule is Cc1cc(C(=O)N(C)c2cc(Cl)ccc2N)ccc1Cl. The summed E-state index contributed by atoms with van der Waals surface area (Å²) < 4.78 is 0. The maximum Gasteiger partial charge on any atom is 0.258 e. The summed E-state index contributed by atoms with van der Waals surface area (Å²) in [6.07, 6.45) is 0. The molecule has 2 aromatic rings. The Morgan fingerprint density at radius 1 is 1.15 bits per heavy atom. The van der Waals surface area contributed by atoms with Gasteiger partial charge in [0, 0.05) is 22.7 Å². The molecule has 3 nitrogen and oxygen atoms in total. The molecule has 2 N–H and O–H groups in total. The van der Waals surface area contributed by atoms with Gasteiger partial charge < -0.3 is 10.6 Å². The van der Waals surface area contributed by atoms with Crippen molar-refractivity contribution in [1.82, 2.24) is 0 Å². The predicted octanol–water partition coefficient (Wildman–Crippen LogP) is 4.16. The highest BCUT2D eigenvalue weighted by Gasteiger charge is 2.16. The average molecular weight is 309 g/mol. The largest absolute Gasteiger partial charge is 0.397 e. The number of benzene rings is 2. The first-order valence-electron chi connectivity index (χ1n) is 5.99. The van der Waals surface area contributed by atoms with E-state index >= 15 is 0 Å². The van der Waals surface area contributed by atoms with Crippen LogP contribution in [0.5, 0.6) is 0 Å². The Bertz CT molecular complexity index is 671. The number of nitrogens with two attached hydrogens (primary N) is 1. The Kier molecular flexibility index (Phi) is 4.21. The molecular weight excluding hydrogens is 295 g/mol. The van der Waals surface area contributed by atoms with Gasteiger partial charge >= 0.3 is 0 Å². The molecule has 0 aromatic heterocycles. The molecule has 0 spiro atoms. The van der Waals surface area contributed by atoms with E-state index in [0.29, 0.717) is 27.0 Å². The number of hydrogen-bond donors (Lipinski definition) is 1. The zero-order valence-electron chi connectivity index (χ0n) is 11.2. The molecule has 0 fully saturated rings. The van der Waals surface area contributed by atoms with Gasteiger partial charge in [-0.25, -0.2) is 0 Å². The molecule has 0 radical (unpaired) electrons. The topological polar surface area (TPSA) is 46.3 Å². The fourth-order valence-electron chi connectivity index (χ4n) is 1.89. The molecule has 1 amide bonds. The van der Waals surface area contributed by atoms with Crippen molar-refractivity contribution in [2.45, 2.75) is 6.92 Å². The summed E-state index contributed by atoms with van der Waals surface area (Å²) in [5.74, 6) is -0.168. The number of halogens is 2. The van der Waals surface area contributed by atoms with Crippen LogP contribution in [0.25, 0.3) is 0 Å². The van der Waals surface area contributed by atoms with E-state index in [1.165, 1.54) is 4.90 Å². The van der Waals surface area contributed by atoms with Gasteiger partial charge in [-0.05, 0) is 48.9 Å². The van der Waals surface area contributed by atoms with Crippen molar-refractivity contribution < 1.29 is 4.79 Å². The molecule has 0 bridgehead atoms. The lowest BCUT2D eigenvalue weighted by atomic mass is 10.1. The van der Waals surface area contributed by atoms with E-state index in [-0.39, 0.29) is 5.91 Å². The Balaban J connectivity index is 2.37. The van der Waals surface area contributed by atoms with E-state index in [4.69, 9.17) is 28.9 Å². The van der Waals surface area contributed by atoms with Crippen LogP contribution in [0.2, 0.25) is 10.0 Å². The number of carbonyl (C=O) groups excluding carboxylic acids is 1. The molecule has 0 aliphatic rings. The number of anilines is 2. The van der Waals surface area contributed by atoms with Crippen molar-refractivity contribution in [3.63, 3.8) is 0 Å². The summed E-state index contributed by atoms with van der Waals surface area (Å²) in [5.41, 5.74) is 8.36. The lowest BCUT2D eigenvalue weighted by molar-refractivity contribution is 0.0993. The first-order valence-corrected chi connectivity index (χ1v) is 6.75. The van der Waals surface area contributed by atoms with Crippen molar-refractivity contribution in [3.8, 4) is 0 Å². The van der Waals surface area contributed by atoms with Crippen molar-refractivity contribution in [2.75, 3.05) is 17.7 Å². The maximum atomic E-state index is 12.5. The minimum atomic E-state index is -0.168. The van der Waals surface area contributed by atoms with Crippen LogP contribution in [0.1, 0.15) is 15.9 Å². The summed E-state index contributed by atoms with van der Waals surface area (Å²) in [5, 5.41) is 1.16. The molecule has 0 unspecified atom stereocenters. The Labute approximate surface area is 127 Å². The van der Waals surface area contributed by atoms with Crippen LogP contribution in [-0.2, 0) is 0 Å². The van der Waals surface area contributed by atoms with Gasteiger partial charge in [0.25, 0.3) is 5.91 Å². The fraction of sp³-hybridized carbons (Fsp3) is 0.133. The van der Waals surface area contributed by atoms with Gasteiger partial charge in [0.1, 0.15) is 0 Å². The van der Waals surface area contributed by atoms with Gasteiger partial charge in [-0.15, -0.1) is 0 Å². The molecule has 5 heteroatoms. The van der Waals surface area contributed by atoms with Gasteiger partial charge in [0.15, 0.2) is 0 Å². The monoisotopic (exact) mass is 308 g/mol. The van der Waals surface area contributed by atoms with Crippen LogP contribution in [0.4, 0.5) is 11.4 Å². The molecule has 0 heterocycles. The van der Waals surface area contributed by atoms with Crippen molar-refractivity contribution in [3.05, 3.63) is 57.6 Å². The molecule has 104 valence electrons. The smallest absolute Gasteiger partial charge is 0.258 e. The van der Waals surface area contributed by atoms with Gasteiger partial charge in [0.2, 0.25) is 0 Å². The van der Waals surface area contributed by atoms with Gasteiger partial charge in [0.05, 0.1) is 11.4 Å². The molecule has 0 atom stereocenters. The van der Waals surface area contributed by atoms with Gasteiger partial charge in [-0.2, -0.15) is 0 Å². The van der Waals surface area contributed by atoms with Gasteiger partial charge in [-0.3, -0.25) is 4.79 Å². The number of amides is 1. The molecule has 0 aliphatic carbocycles. The van der Waals surface area contributed by atoms with Crippen LogP contribution in [0.3, 0.4) is 0 Å². The number of aryl methyl sites for hydroxylation is 1. The van der Waals surface area contributed by atoms with E-state index in [0.717, 1.165) is 5.56 Å². The molecule has 20 heavy (non-hydrogen) atoms. The summed E-state index contributed by atoms with van der Waals surface area (Å²) in [7, 11) is 1.66. The first-order chi connectivity index (χ1) is 9.40. The van der Waals surface area contributed by atoms with E-state index in [1.54, 1.807) is 43.4 Å². The van der Waals surface area contributed by atoms with Crippen LogP contribution in [0.15, 0.2) is 36.4 Å². The van der Waals surface area contributed by atoms with E-state index in [2.05, 4.69) is 0 Å². The first kappa shape index (κ1) is 14.7. The second kappa shape index (κ2) is 5.73. The quantitative estimate of drug-likeness (QED) is 0.847. The predicted molar refractivity (Wildman–Crippen MR) is 84.8 cm³/mol. The second-order valence-corrected chi connectivity index (χ2v) is 5.37. The van der Waals surface area contributed by atoms with Crippen LogP contribution < -0.4 is 10.6 Å². The van der Waals surface area contributed by atoms with Crippen molar-refractivity contribution in [1.29, 1.82) is 0 Å². The Morgan fingerprint density at radius 2 is 1.85 bits per heavy atom. The van der Waals surface area contributed by atoms with Gasteiger partial charge in [-0.1, -0.05) is 23.2 Å². The van der Waals surface area contributed by atoms with Crippen molar-refractivity contribution in [2.24, 2.45) is 0 Å².